The molecule has 1 saturated heterocycles. The molecule has 1 atom stereocenters. The molecule has 0 saturated carbocycles. The van der Waals surface area contributed by atoms with Crippen LogP contribution in [0.5, 0.6) is 0 Å². The van der Waals surface area contributed by atoms with E-state index in [4.69, 9.17) is 14.5 Å². The number of aryl methyl sites for hydroxylation is 1. The summed E-state index contributed by atoms with van der Waals surface area (Å²) in [6.45, 7) is 6.54. The molecule has 0 aromatic carbocycles. The van der Waals surface area contributed by atoms with Crippen molar-refractivity contribution >= 4 is 29.5 Å². The number of rotatable bonds is 6. The van der Waals surface area contributed by atoms with Crippen molar-refractivity contribution in [1.82, 2.24) is 9.38 Å². The number of aromatic nitrogens is 2. The van der Waals surface area contributed by atoms with Gasteiger partial charge in [-0.2, -0.15) is 5.26 Å². The van der Waals surface area contributed by atoms with Gasteiger partial charge in [-0.25, -0.2) is 9.78 Å². The number of ether oxygens (including phenoxy) is 2. The van der Waals surface area contributed by atoms with Gasteiger partial charge in [0.1, 0.15) is 23.1 Å². The van der Waals surface area contributed by atoms with Gasteiger partial charge < -0.3 is 14.4 Å². The maximum atomic E-state index is 13.4. The molecule has 0 amide bonds. The average Bonchev–Trinajstić information content (AvgIpc) is 2.79. The van der Waals surface area contributed by atoms with E-state index in [9.17, 15) is 19.6 Å². The molecule has 0 bridgehead atoms. The Bertz CT molecular complexity index is 1160. The summed E-state index contributed by atoms with van der Waals surface area (Å²) < 4.78 is 11.5. The highest BCUT2D eigenvalue weighted by Gasteiger charge is 2.30. The van der Waals surface area contributed by atoms with E-state index in [1.807, 2.05) is 24.0 Å². The van der Waals surface area contributed by atoms with Gasteiger partial charge in [-0.3, -0.25) is 14.0 Å². The van der Waals surface area contributed by atoms with Crippen molar-refractivity contribution in [3.05, 3.63) is 45.4 Å². The summed E-state index contributed by atoms with van der Waals surface area (Å²) in [6.07, 6.45) is 4.21. The molecule has 0 aliphatic carbocycles. The molecule has 3 heterocycles. The van der Waals surface area contributed by atoms with Crippen LogP contribution in [-0.4, -0.2) is 47.6 Å². The number of hydrogen-bond donors (Lipinski definition) is 0. The van der Waals surface area contributed by atoms with Crippen LogP contribution in [0.1, 0.15) is 37.8 Å². The topological polar surface area (TPSA) is 114 Å². The highest BCUT2D eigenvalue weighted by Crippen LogP contribution is 2.26. The molecule has 0 spiro atoms. The molecule has 9 heteroatoms. The van der Waals surface area contributed by atoms with Crippen LogP contribution in [0.25, 0.3) is 11.7 Å². The first-order valence-corrected chi connectivity index (χ1v) is 10.6. The molecule has 2 aromatic heterocycles. The first-order chi connectivity index (χ1) is 15.4. The van der Waals surface area contributed by atoms with E-state index in [2.05, 4.69) is 0 Å². The summed E-state index contributed by atoms with van der Waals surface area (Å²) in [5, 5.41) is 9.48. The third kappa shape index (κ3) is 4.64. The lowest BCUT2D eigenvalue weighted by Gasteiger charge is -2.33. The molecule has 1 unspecified atom stereocenters. The summed E-state index contributed by atoms with van der Waals surface area (Å²) in [5.41, 5.74) is 0.661. The van der Waals surface area contributed by atoms with Crippen molar-refractivity contribution in [2.75, 3.05) is 31.2 Å². The zero-order chi connectivity index (χ0) is 23.3. The predicted molar refractivity (Wildman–Crippen MR) is 118 cm³/mol. The van der Waals surface area contributed by atoms with E-state index in [1.54, 1.807) is 26.1 Å². The van der Waals surface area contributed by atoms with E-state index in [1.165, 1.54) is 10.5 Å². The zero-order valence-electron chi connectivity index (χ0n) is 18.5. The Morgan fingerprint density at radius 3 is 2.75 bits per heavy atom. The number of carbonyl (C=O) groups excluding carboxylic acids is 2. The van der Waals surface area contributed by atoms with E-state index < -0.39 is 11.5 Å². The summed E-state index contributed by atoms with van der Waals surface area (Å²) in [7, 11) is 0. The van der Waals surface area contributed by atoms with E-state index in [0.717, 1.165) is 5.56 Å². The maximum absolute atomic E-state index is 13.4. The van der Waals surface area contributed by atoms with Crippen molar-refractivity contribution in [1.29, 1.82) is 5.26 Å². The second-order valence-electron chi connectivity index (χ2n) is 7.47. The van der Waals surface area contributed by atoms with Crippen LogP contribution in [0.15, 0.2) is 28.7 Å². The van der Waals surface area contributed by atoms with Crippen molar-refractivity contribution in [2.45, 2.75) is 33.6 Å². The number of pyridine rings is 1. The van der Waals surface area contributed by atoms with Crippen LogP contribution in [0, 0.1) is 24.2 Å². The summed E-state index contributed by atoms with van der Waals surface area (Å²) in [6, 6.07) is 5.39. The lowest BCUT2D eigenvalue weighted by atomic mass is 9.97. The number of nitriles is 1. The Morgan fingerprint density at radius 1 is 1.31 bits per heavy atom. The molecule has 1 fully saturated rings. The van der Waals surface area contributed by atoms with Crippen molar-refractivity contribution in [3.63, 3.8) is 0 Å². The quantitative estimate of drug-likeness (QED) is 0.383. The normalized spacial score (nSPS) is 16.5. The van der Waals surface area contributed by atoms with Crippen LogP contribution in [0.4, 0.5) is 5.82 Å². The zero-order valence-corrected chi connectivity index (χ0v) is 18.5. The van der Waals surface area contributed by atoms with Crippen LogP contribution >= 0.6 is 0 Å². The standard InChI is InChI=1S/C23H26N4O5/c1-4-31-22(29)16-9-7-10-26(14-16)20-18(12-17(13-24)23(30)32-5-2)21(28)27-11-6-8-15(3)19(27)25-20/h6,8,11-12,16H,4-5,7,9-10,14H2,1-3H3. The molecular weight excluding hydrogens is 412 g/mol. The van der Waals surface area contributed by atoms with Gasteiger partial charge >= 0.3 is 11.9 Å². The Hall–Kier alpha value is -3.67. The van der Waals surface area contributed by atoms with E-state index in [-0.39, 0.29) is 29.6 Å². The molecule has 32 heavy (non-hydrogen) atoms. The Morgan fingerprint density at radius 2 is 2.06 bits per heavy atom. The van der Waals surface area contributed by atoms with Gasteiger partial charge in [0.2, 0.25) is 0 Å². The van der Waals surface area contributed by atoms with Crippen molar-refractivity contribution < 1.29 is 19.1 Å². The van der Waals surface area contributed by atoms with Gasteiger partial charge in [-0.05, 0) is 51.3 Å². The molecule has 3 rings (SSSR count). The minimum Gasteiger partial charge on any atom is -0.466 e. The van der Waals surface area contributed by atoms with Crippen LogP contribution in [0.2, 0.25) is 0 Å². The molecule has 0 N–H and O–H groups in total. The fourth-order valence-electron chi connectivity index (χ4n) is 3.78. The number of piperidine rings is 1. The number of anilines is 1. The number of carbonyl (C=O) groups is 2. The third-order valence-electron chi connectivity index (χ3n) is 5.31. The molecule has 0 radical (unpaired) electrons. The monoisotopic (exact) mass is 438 g/mol. The largest absolute Gasteiger partial charge is 0.466 e. The summed E-state index contributed by atoms with van der Waals surface area (Å²) >= 11 is 0. The van der Waals surface area contributed by atoms with Gasteiger partial charge in [-0.15, -0.1) is 0 Å². The number of esters is 2. The average molecular weight is 438 g/mol. The van der Waals surface area contributed by atoms with Gasteiger partial charge in [0, 0.05) is 19.3 Å². The molecule has 9 nitrogen and oxygen atoms in total. The first kappa shape index (κ1) is 23.0. The fraction of sp³-hybridized carbons (Fsp3) is 0.435. The Labute approximate surface area is 185 Å². The number of fused-ring (bicyclic) bond motifs is 1. The summed E-state index contributed by atoms with van der Waals surface area (Å²) in [5.74, 6) is -1.11. The maximum Gasteiger partial charge on any atom is 0.348 e. The molecule has 168 valence electrons. The molecular formula is C23H26N4O5. The highest BCUT2D eigenvalue weighted by molar-refractivity contribution is 5.98. The minimum absolute atomic E-state index is 0.0993. The van der Waals surface area contributed by atoms with Crippen LogP contribution < -0.4 is 10.5 Å². The SMILES string of the molecule is CCOC(=O)C(C#N)=Cc1c(N2CCCC(C(=O)OCC)C2)nc2c(C)cccn2c1=O. The third-order valence-corrected chi connectivity index (χ3v) is 5.31. The first-order valence-electron chi connectivity index (χ1n) is 10.6. The van der Waals surface area contributed by atoms with Crippen LogP contribution in [0.3, 0.4) is 0 Å². The Balaban J connectivity index is 2.18. The highest BCUT2D eigenvalue weighted by atomic mass is 16.5. The van der Waals surface area contributed by atoms with Gasteiger partial charge in [0.05, 0.1) is 24.7 Å². The van der Waals surface area contributed by atoms with E-state index in [0.29, 0.717) is 44.0 Å². The second-order valence-corrected chi connectivity index (χ2v) is 7.47. The van der Waals surface area contributed by atoms with E-state index >= 15 is 0 Å². The predicted octanol–water partition coefficient (Wildman–Crippen LogP) is 2.25. The molecule has 1 aliphatic heterocycles. The smallest absolute Gasteiger partial charge is 0.348 e. The second kappa shape index (κ2) is 10.1. The van der Waals surface area contributed by atoms with Gasteiger partial charge in [-0.1, -0.05) is 6.07 Å². The van der Waals surface area contributed by atoms with Crippen molar-refractivity contribution in [2.24, 2.45) is 5.92 Å². The van der Waals surface area contributed by atoms with Crippen LogP contribution in [-0.2, 0) is 19.1 Å². The van der Waals surface area contributed by atoms with Gasteiger partial charge in [0.25, 0.3) is 5.56 Å². The lowest BCUT2D eigenvalue weighted by molar-refractivity contribution is -0.148. The molecule has 1 aliphatic rings. The van der Waals surface area contributed by atoms with Gasteiger partial charge in [0.15, 0.2) is 0 Å². The summed E-state index contributed by atoms with van der Waals surface area (Å²) in [4.78, 5) is 44.5. The Kier molecular flexibility index (Phi) is 7.25. The lowest BCUT2D eigenvalue weighted by Crippen LogP contribution is -2.41. The molecule has 2 aromatic rings. The number of hydrogen-bond acceptors (Lipinski definition) is 8. The number of nitrogens with zero attached hydrogens (tertiary/aromatic N) is 4. The minimum atomic E-state index is -0.808. The van der Waals surface area contributed by atoms with Crippen molar-refractivity contribution in [3.8, 4) is 6.07 Å². The fourth-order valence-corrected chi connectivity index (χ4v) is 3.78.